The van der Waals surface area contributed by atoms with Crippen LogP contribution >= 0.6 is 0 Å². The summed E-state index contributed by atoms with van der Waals surface area (Å²) in [6.45, 7) is 1.90. The summed E-state index contributed by atoms with van der Waals surface area (Å²) in [4.78, 5) is 15.8. The van der Waals surface area contributed by atoms with E-state index < -0.39 is 0 Å². The predicted octanol–water partition coefficient (Wildman–Crippen LogP) is 3.82. The molecule has 0 aliphatic carbocycles. The summed E-state index contributed by atoms with van der Waals surface area (Å²) >= 11 is 0. The number of nitrogens with one attached hydrogen (secondary N) is 1. The van der Waals surface area contributed by atoms with Gasteiger partial charge in [-0.15, -0.1) is 0 Å². The molecule has 3 heteroatoms. The molecule has 0 aliphatic heterocycles. The van der Waals surface area contributed by atoms with Crippen molar-refractivity contribution in [3.63, 3.8) is 0 Å². The van der Waals surface area contributed by atoms with Crippen LogP contribution in [0.25, 0.3) is 11.1 Å². The highest BCUT2D eigenvalue weighted by atomic mass is 16.1. The second kappa shape index (κ2) is 7.04. The fraction of sp³-hybridized carbons (Fsp3) is 0.0588. The van der Waals surface area contributed by atoms with Gasteiger partial charge in [0.1, 0.15) is 0 Å². The Morgan fingerprint density at radius 1 is 1.15 bits per heavy atom. The predicted molar refractivity (Wildman–Crippen MR) is 82.3 cm³/mol. The fourth-order valence-corrected chi connectivity index (χ4v) is 1.75. The van der Waals surface area contributed by atoms with Crippen LogP contribution in [0.3, 0.4) is 0 Å². The Hall–Kier alpha value is -2.68. The summed E-state index contributed by atoms with van der Waals surface area (Å²) in [7, 11) is 0. The highest BCUT2D eigenvalue weighted by molar-refractivity contribution is 5.99. The molecule has 0 atom stereocenters. The minimum Gasteiger partial charge on any atom is -0.322 e. The van der Waals surface area contributed by atoms with Crippen LogP contribution in [-0.4, -0.2) is 10.9 Å². The summed E-state index contributed by atoms with van der Waals surface area (Å²) in [6, 6.07) is 11.6. The average Bonchev–Trinajstić information content (AvgIpc) is 2.49. The van der Waals surface area contributed by atoms with E-state index in [9.17, 15) is 4.79 Å². The third-order valence-electron chi connectivity index (χ3n) is 2.68. The molecule has 1 amide bonds. The lowest BCUT2D eigenvalue weighted by atomic mass is 10.1. The number of aromatic nitrogens is 1. The van der Waals surface area contributed by atoms with E-state index in [0.29, 0.717) is 0 Å². The number of anilines is 1. The maximum absolute atomic E-state index is 11.7. The van der Waals surface area contributed by atoms with Gasteiger partial charge in [-0.2, -0.15) is 0 Å². The Morgan fingerprint density at radius 2 is 2.00 bits per heavy atom. The van der Waals surface area contributed by atoms with Crippen LogP contribution in [0.4, 0.5) is 5.69 Å². The second-order valence-electron chi connectivity index (χ2n) is 4.20. The molecule has 1 heterocycles. The molecule has 1 N–H and O–H groups in total. The Balaban J connectivity index is 2.13. The molecule has 1 aromatic carbocycles. The van der Waals surface area contributed by atoms with Crippen LogP contribution in [-0.2, 0) is 4.79 Å². The Kier molecular flexibility index (Phi) is 4.84. The first kappa shape index (κ1) is 13.7. The number of pyridine rings is 1. The van der Waals surface area contributed by atoms with E-state index in [1.807, 2.05) is 55.5 Å². The molecule has 20 heavy (non-hydrogen) atoms. The van der Waals surface area contributed by atoms with Crippen molar-refractivity contribution in [2.24, 2.45) is 0 Å². The van der Waals surface area contributed by atoms with Crippen molar-refractivity contribution in [3.8, 4) is 11.1 Å². The molecule has 3 nitrogen and oxygen atoms in total. The summed E-state index contributed by atoms with van der Waals surface area (Å²) in [5, 5.41) is 2.83. The van der Waals surface area contributed by atoms with Gasteiger partial charge in [-0.25, -0.2) is 0 Å². The lowest BCUT2D eigenvalue weighted by Crippen LogP contribution is -2.07. The molecule has 1 aromatic heterocycles. The van der Waals surface area contributed by atoms with Gasteiger partial charge in [-0.1, -0.05) is 36.4 Å². The van der Waals surface area contributed by atoms with Gasteiger partial charge in [-0.05, 0) is 30.7 Å². The zero-order valence-corrected chi connectivity index (χ0v) is 11.3. The van der Waals surface area contributed by atoms with Crippen LogP contribution in [0, 0.1) is 0 Å². The number of carbonyl (C=O) groups is 1. The van der Waals surface area contributed by atoms with Crippen LogP contribution in [0.15, 0.2) is 73.1 Å². The maximum Gasteiger partial charge on any atom is 0.248 e. The first-order valence-electron chi connectivity index (χ1n) is 6.40. The maximum atomic E-state index is 11.7. The van der Waals surface area contributed by atoms with Crippen molar-refractivity contribution in [2.45, 2.75) is 6.92 Å². The van der Waals surface area contributed by atoms with E-state index in [0.717, 1.165) is 16.8 Å². The van der Waals surface area contributed by atoms with E-state index in [4.69, 9.17) is 0 Å². The molecule has 0 fully saturated rings. The van der Waals surface area contributed by atoms with Crippen molar-refractivity contribution in [1.29, 1.82) is 0 Å². The largest absolute Gasteiger partial charge is 0.322 e. The number of carbonyl (C=O) groups excluding carboxylic acids is 1. The SMILES string of the molecule is C/C=C/C=C/C(=O)Nc1cccc(-c2cccnc2)c1. The molecule has 0 saturated heterocycles. The van der Waals surface area contributed by atoms with Gasteiger partial charge in [0.25, 0.3) is 0 Å². The molecule has 0 bridgehead atoms. The molecule has 0 unspecified atom stereocenters. The van der Waals surface area contributed by atoms with Crippen LogP contribution in [0.2, 0.25) is 0 Å². The van der Waals surface area contributed by atoms with Crippen LogP contribution in [0.1, 0.15) is 6.92 Å². The van der Waals surface area contributed by atoms with Gasteiger partial charge < -0.3 is 5.32 Å². The van der Waals surface area contributed by atoms with Crippen molar-refractivity contribution >= 4 is 11.6 Å². The second-order valence-corrected chi connectivity index (χ2v) is 4.20. The van der Waals surface area contributed by atoms with Crippen molar-refractivity contribution < 1.29 is 4.79 Å². The molecule has 100 valence electrons. The number of amides is 1. The highest BCUT2D eigenvalue weighted by Crippen LogP contribution is 2.21. The van der Waals surface area contributed by atoms with E-state index in [2.05, 4.69) is 10.3 Å². The van der Waals surface area contributed by atoms with Gasteiger partial charge in [-0.3, -0.25) is 9.78 Å². The standard InChI is InChI=1S/C17H16N2O/c1-2-3-4-10-17(20)19-16-9-5-7-14(12-16)15-8-6-11-18-13-15/h2-13H,1H3,(H,19,20)/b3-2+,10-4+. The van der Waals surface area contributed by atoms with Crippen molar-refractivity contribution in [2.75, 3.05) is 5.32 Å². The van der Waals surface area contributed by atoms with Gasteiger partial charge in [0.15, 0.2) is 0 Å². The monoisotopic (exact) mass is 264 g/mol. The van der Waals surface area contributed by atoms with E-state index >= 15 is 0 Å². The normalized spacial score (nSPS) is 11.1. The molecule has 0 spiro atoms. The van der Waals surface area contributed by atoms with Crippen LogP contribution < -0.4 is 5.32 Å². The smallest absolute Gasteiger partial charge is 0.248 e. The number of benzene rings is 1. The number of hydrogen-bond acceptors (Lipinski definition) is 2. The Bertz CT molecular complexity index is 630. The number of allylic oxidation sites excluding steroid dienone is 3. The molecular formula is C17H16N2O. The summed E-state index contributed by atoms with van der Waals surface area (Å²) in [5.74, 6) is -0.147. The van der Waals surface area contributed by atoms with Gasteiger partial charge in [0, 0.05) is 29.7 Å². The highest BCUT2D eigenvalue weighted by Gasteiger charge is 2.01. The van der Waals surface area contributed by atoms with E-state index in [1.165, 1.54) is 6.08 Å². The van der Waals surface area contributed by atoms with Crippen LogP contribution in [0.5, 0.6) is 0 Å². The third kappa shape index (κ3) is 3.92. The Labute approximate surface area is 118 Å². The average molecular weight is 264 g/mol. The molecule has 2 aromatic rings. The minimum absolute atomic E-state index is 0.147. The summed E-state index contributed by atoms with van der Waals surface area (Å²) in [6.07, 6.45) is 10.4. The number of hydrogen-bond donors (Lipinski definition) is 1. The fourth-order valence-electron chi connectivity index (χ4n) is 1.75. The molecule has 2 rings (SSSR count). The summed E-state index contributed by atoms with van der Waals surface area (Å²) in [5.41, 5.74) is 2.81. The number of rotatable bonds is 4. The third-order valence-corrected chi connectivity index (χ3v) is 2.68. The zero-order valence-electron chi connectivity index (χ0n) is 11.3. The van der Waals surface area contributed by atoms with Gasteiger partial charge in [0.2, 0.25) is 5.91 Å². The van der Waals surface area contributed by atoms with E-state index in [1.54, 1.807) is 18.5 Å². The first-order valence-corrected chi connectivity index (χ1v) is 6.40. The Morgan fingerprint density at radius 3 is 2.75 bits per heavy atom. The lowest BCUT2D eigenvalue weighted by molar-refractivity contribution is -0.111. The lowest BCUT2D eigenvalue weighted by Gasteiger charge is -2.05. The van der Waals surface area contributed by atoms with Crippen molar-refractivity contribution in [1.82, 2.24) is 4.98 Å². The molecule has 0 radical (unpaired) electrons. The molecule has 0 saturated carbocycles. The molecular weight excluding hydrogens is 248 g/mol. The topological polar surface area (TPSA) is 42.0 Å². The quantitative estimate of drug-likeness (QED) is 0.673. The number of nitrogens with zero attached hydrogens (tertiary/aromatic N) is 1. The summed E-state index contributed by atoms with van der Waals surface area (Å²) < 4.78 is 0. The van der Waals surface area contributed by atoms with Gasteiger partial charge >= 0.3 is 0 Å². The van der Waals surface area contributed by atoms with E-state index in [-0.39, 0.29) is 5.91 Å². The van der Waals surface area contributed by atoms with Gasteiger partial charge in [0.05, 0.1) is 0 Å². The first-order chi connectivity index (χ1) is 9.79. The minimum atomic E-state index is -0.147. The zero-order chi connectivity index (χ0) is 14.2. The molecule has 0 aliphatic rings. The van der Waals surface area contributed by atoms with Crippen molar-refractivity contribution in [3.05, 3.63) is 73.1 Å².